The largest absolute Gasteiger partial charge is 0.310 e. The highest BCUT2D eigenvalue weighted by Crippen LogP contribution is 2.34. The summed E-state index contributed by atoms with van der Waals surface area (Å²) in [5, 5.41) is 3.37. The van der Waals surface area contributed by atoms with Gasteiger partial charge in [-0.25, -0.2) is 8.78 Å². The predicted molar refractivity (Wildman–Crippen MR) is 74.0 cm³/mol. The third kappa shape index (κ3) is 3.75. The van der Waals surface area contributed by atoms with Gasteiger partial charge in [-0.2, -0.15) is 0 Å². The molecule has 0 saturated heterocycles. The molecule has 1 saturated carbocycles. The van der Waals surface area contributed by atoms with Crippen molar-refractivity contribution in [2.45, 2.75) is 51.5 Å². The van der Waals surface area contributed by atoms with Gasteiger partial charge in [-0.05, 0) is 31.4 Å². The summed E-state index contributed by atoms with van der Waals surface area (Å²) >= 11 is 0. The Bertz CT molecular complexity index is 400. The predicted octanol–water partition coefficient (Wildman–Crippen LogP) is 4.59. The fourth-order valence-corrected chi connectivity index (χ4v) is 3.01. The standard InChI is InChI=1S/C16H23F2N/c1-2-10-19-15(11-12-6-3-4-7-12)13-8-5-9-14(17)16(13)18/h5,8-9,12,15,19H,2-4,6-7,10-11H2,1H3. The van der Waals surface area contributed by atoms with E-state index in [4.69, 9.17) is 0 Å². The van der Waals surface area contributed by atoms with Crippen LogP contribution in [0, 0.1) is 17.6 Å². The van der Waals surface area contributed by atoms with Gasteiger partial charge in [-0.1, -0.05) is 44.7 Å². The van der Waals surface area contributed by atoms with Crippen molar-refractivity contribution in [2.24, 2.45) is 5.92 Å². The molecule has 1 aromatic carbocycles. The van der Waals surface area contributed by atoms with Crippen LogP contribution in [0.2, 0.25) is 0 Å². The van der Waals surface area contributed by atoms with Gasteiger partial charge in [0.1, 0.15) is 0 Å². The zero-order chi connectivity index (χ0) is 13.7. The van der Waals surface area contributed by atoms with Crippen molar-refractivity contribution in [3.8, 4) is 0 Å². The second-order valence-corrected chi connectivity index (χ2v) is 5.54. The summed E-state index contributed by atoms with van der Waals surface area (Å²) in [6, 6.07) is 4.44. The Kier molecular flexibility index (Phi) is 5.32. The topological polar surface area (TPSA) is 12.0 Å². The molecule has 0 spiro atoms. The molecule has 1 N–H and O–H groups in total. The van der Waals surface area contributed by atoms with Crippen LogP contribution in [0.25, 0.3) is 0 Å². The number of hydrogen-bond donors (Lipinski definition) is 1. The Morgan fingerprint density at radius 1 is 1.26 bits per heavy atom. The van der Waals surface area contributed by atoms with E-state index in [2.05, 4.69) is 12.2 Å². The number of hydrogen-bond acceptors (Lipinski definition) is 1. The van der Waals surface area contributed by atoms with E-state index in [9.17, 15) is 8.78 Å². The minimum Gasteiger partial charge on any atom is -0.310 e. The number of nitrogens with one attached hydrogen (secondary N) is 1. The molecule has 1 aromatic rings. The molecular formula is C16H23F2N. The van der Waals surface area contributed by atoms with Crippen LogP contribution in [0.5, 0.6) is 0 Å². The van der Waals surface area contributed by atoms with Gasteiger partial charge >= 0.3 is 0 Å². The third-order valence-electron chi connectivity index (χ3n) is 4.04. The SMILES string of the molecule is CCCNC(CC1CCCC1)c1cccc(F)c1F. The molecule has 19 heavy (non-hydrogen) atoms. The molecule has 1 nitrogen and oxygen atoms in total. The van der Waals surface area contributed by atoms with Crippen LogP contribution in [0.4, 0.5) is 8.78 Å². The summed E-state index contributed by atoms with van der Waals surface area (Å²) in [4.78, 5) is 0. The van der Waals surface area contributed by atoms with Crippen LogP contribution in [-0.4, -0.2) is 6.54 Å². The molecular weight excluding hydrogens is 244 g/mol. The molecule has 0 heterocycles. The summed E-state index contributed by atoms with van der Waals surface area (Å²) in [5.74, 6) is -0.779. The minimum absolute atomic E-state index is 0.0567. The minimum atomic E-state index is -0.743. The van der Waals surface area contributed by atoms with Crippen LogP contribution in [0.1, 0.15) is 57.1 Å². The Balaban J connectivity index is 2.13. The van der Waals surface area contributed by atoms with Gasteiger partial charge in [0.05, 0.1) is 0 Å². The lowest BCUT2D eigenvalue weighted by atomic mass is 9.93. The number of halogens is 2. The first-order chi connectivity index (χ1) is 9.22. The molecule has 0 aliphatic heterocycles. The molecule has 2 rings (SSSR count). The molecule has 0 aromatic heterocycles. The molecule has 3 heteroatoms. The average Bonchev–Trinajstić information content (AvgIpc) is 2.91. The lowest BCUT2D eigenvalue weighted by molar-refractivity contribution is 0.379. The smallest absolute Gasteiger partial charge is 0.163 e. The van der Waals surface area contributed by atoms with E-state index in [0.717, 1.165) is 19.4 Å². The van der Waals surface area contributed by atoms with Gasteiger partial charge in [0, 0.05) is 11.6 Å². The van der Waals surface area contributed by atoms with E-state index in [1.54, 1.807) is 12.1 Å². The summed E-state index contributed by atoms with van der Waals surface area (Å²) in [7, 11) is 0. The first kappa shape index (κ1) is 14.4. The van der Waals surface area contributed by atoms with Gasteiger partial charge in [0.2, 0.25) is 0 Å². The quantitative estimate of drug-likeness (QED) is 0.795. The van der Waals surface area contributed by atoms with E-state index >= 15 is 0 Å². The van der Waals surface area contributed by atoms with Crippen molar-refractivity contribution in [3.05, 3.63) is 35.4 Å². The van der Waals surface area contributed by atoms with Crippen molar-refractivity contribution in [2.75, 3.05) is 6.54 Å². The van der Waals surface area contributed by atoms with E-state index in [1.165, 1.54) is 31.7 Å². The fraction of sp³-hybridized carbons (Fsp3) is 0.625. The molecule has 1 aliphatic carbocycles. The maximum Gasteiger partial charge on any atom is 0.163 e. The second-order valence-electron chi connectivity index (χ2n) is 5.54. The van der Waals surface area contributed by atoms with Crippen molar-refractivity contribution in [1.29, 1.82) is 0 Å². The van der Waals surface area contributed by atoms with Crippen LogP contribution in [0.15, 0.2) is 18.2 Å². The first-order valence-corrected chi connectivity index (χ1v) is 7.39. The maximum atomic E-state index is 13.9. The van der Waals surface area contributed by atoms with Gasteiger partial charge in [0.25, 0.3) is 0 Å². The van der Waals surface area contributed by atoms with E-state index in [0.29, 0.717) is 11.5 Å². The average molecular weight is 267 g/mol. The van der Waals surface area contributed by atoms with Gasteiger partial charge in [0.15, 0.2) is 11.6 Å². The van der Waals surface area contributed by atoms with Crippen LogP contribution >= 0.6 is 0 Å². The van der Waals surface area contributed by atoms with Crippen LogP contribution in [0.3, 0.4) is 0 Å². The summed E-state index contributed by atoms with van der Waals surface area (Å²) < 4.78 is 27.3. The molecule has 0 bridgehead atoms. The molecule has 0 radical (unpaired) electrons. The van der Waals surface area contributed by atoms with E-state index < -0.39 is 11.6 Å². The van der Waals surface area contributed by atoms with Crippen molar-refractivity contribution >= 4 is 0 Å². The second kappa shape index (κ2) is 6.99. The van der Waals surface area contributed by atoms with Gasteiger partial charge in [-0.15, -0.1) is 0 Å². The van der Waals surface area contributed by atoms with E-state index in [-0.39, 0.29) is 6.04 Å². The maximum absolute atomic E-state index is 13.9. The van der Waals surface area contributed by atoms with Crippen LogP contribution < -0.4 is 5.32 Å². The Labute approximate surface area is 114 Å². The monoisotopic (exact) mass is 267 g/mol. The lowest BCUT2D eigenvalue weighted by Crippen LogP contribution is -2.25. The van der Waals surface area contributed by atoms with Crippen molar-refractivity contribution in [1.82, 2.24) is 5.32 Å². The molecule has 1 aliphatic rings. The highest BCUT2D eigenvalue weighted by atomic mass is 19.2. The Morgan fingerprint density at radius 3 is 2.68 bits per heavy atom. The van der Waals surface area contributed by atoms with Crippen molar-refractivity contribution < 1.29 is 8.78 Å². The summed E-state index contributed by atoms with van der Waals surface area (Å²) in [6.07, 6.45) is 6.91. The summed E-state index contributed by atoms with van der Waals surface area (Å²) in [5.41, 5.74) is 0.486. The third-order valence-corrected chi connectivity index (χ3v) is 4.04. The van der Waals surface area contributed by atoms with Crippen molar-refractivity contribution in [3.63, 3.8) is 0 Å². The molecule has 106 valence electrons. The van der Waals surface area contributed by atoms with E-state index in [1.807, 2.05) is 0 Å². The molecule has 1 atom stereocenters. The molecule has 1 unspecified atom stereocenters. The zero-order valence-corrected chi connectivity index (χ0v) is 11.6. The molecule has 1 fully saturated rings. The Hall–Kier alpha value is -0.960. The highest BCUT2D eigenvalue weighted by molar-refractivity contribution is 5.22. The fourth-order valence-electron chi connectivity index (χ4n) is 3.01. The number of rotatable bonds is 6. The number of benzene rings is 1. The Morgan fingerprint density at radius 2 is 2.00 bits per heavy atom. The lowest BCUT2D eigenvalue weighted by Gasteiger charge is -2.23. The molecule has 0 amide bonds. The zero-order valence-electron chi connectivity index (χ0n) is 11.6. The van der Waals surface area contributed by atoms with Gasteiger partial charge in [-0.3, -0.25) is 0 Å². The highest BCUT2D eigenvalue weighted by Gasteiger charge is 2.23. The first-order valence-electron chi connectivity index (χ1n) is 7.39. The normalized spacial score (nSPS) is 17.8. The van der Waals surface area contributed by atoms with Gasteiger partial charge < -0.3 is 5.32 Å². The summed E-state index contributed by atoms with van der Waals surface area (Å²) in [6.45, 7) is 2.93. The van der Waals surface area contributed by atoms with Crippen LogP contribution in [-0.2, 0) is 0 Å².